The first-order chi connectivity index (χ1) is 10.7. The Labute approximate surface area is 131 Å². The van der Waals surface area contributed by atoms with Crippen LogP contribution in [0.15, 0.2) is 53.3 Å². The Balaban J connectivity index is 1.65. The minimum atomic E-state index is 0.751. The lowest BCUT2D eigenvalue weighted by Gasteiger charge is -2.08. The fourth-order valence-electron chi connectivity index (χ4n) is 2.48. The summed E-state index contributed by atoms with van der Waals surface area (Å²) in [7, 11) is 0. The molecule has 114 valence electrons. The van der Waals surface area contributed by atoms with E-state index in [4.69, 9.17) is 4.42 Å². The third-order valence-corrected chi connectivity index (χ3v) is 3.85. The summed E-state index contributed by atoms with van der Waals surface area (Å²) in [5, 5.41) is 3.49. The predicted molar refractivity (Wildman–Crippen MR) is 90.6 cm³/mol. The van der Waals surface area contributed by atoms with Crippen molar-refractivity contribution in [2.24, 2.45) is 5.92 Å². The average molecular weight is 294 g/mol. The van der Waals surface area contributed by atoms with E-state index in [-0.39, 0.29) is 0 Å². The summed E-state index contributed by atoms with van der Waals surface area (Å²) < 4.78 is 5.28. The summed E-state index contributed by atoms with van der Waals surface area (Å²) in [6.45, 7) is 6.50. The molecule has 0 aliphatic heterocycles. The summed E-state index contributed by atoms with van der Waals surface area (Å²) in [6.07, 6.45) is 2.70. The van der Waals surface area contributed by atoms with Gasteiger partial charge in [-0.1, -0.05) is 44.2 Å². The lowest BCUT2D eigenvalue weighted by atomic mass is 10.0. The fourth-order valence-corrected chi connectivity index (χ4v) is 2.48. The van der Waals surface area contributed by atoms with Gasteiger partial charge in [0.05, 0.1) is 0 Å². The molecule has 0 saturated heterocycles. The molecule has 0 spiro atoms. The number of oxazole rings is 1. The maximum Gasteiger partial charge on any atom is 0.181 e. The highest BCUT2D eigenvalue weighted by Crippen LogP contribution is 2.24. The standard InChI is InChI=1S/C19H22N2O/c1-14(2)9-10-20-12-15-3-5-16(6-4-15)17-7-8-19-18(11-17)21-13-22-19/h3-8,11,13-14,20H,9-10,12H2,1-2H3. The van der Waals surface area contributed by atoms with E-state index in [1.807, 2.05) is 6.07 Å². The van der Waals surface area contributed by atoms with Gasteiger partial charge in [0.2, 0.25) is 0 Å². The normalized spacial score (nSPS) is 11.4. The molecule has 0 amide bonds. The van der Waals surface area contributed by atoms with Crippen LogP contribution in [0.1, 0.15) is 25.8 Å². The van der Waals surface area contributed by atoms with Crippen LogP contribution in [0.25, 0.3) is 22.2 Å². The van der Waals surface area contributed by atoms with E-state index >= 15 is 0 Å². The van der Waals surface area contributed by atoms with Crippen molar-refractivity contribution >= 4 is 11.1 Å². The first kappa shape index (κ1) is 14.8. The van der Waals surface area contributed by atoms with Crippen LogP contribution >= 0.6 is 0 Å². The van der Waals surface area contributed by atoms with Crippen LogP contribution in [0.3, 0.4) is 0 Å². The second-order valence-electron chi connectivity index (χ2n) is 6.09. The number of hydrogen-bond donors (Lipinski definition) is 1. The number of nitrogens with zero attached hydrogens (tertiary/aromatic N) is 1. The molecule has 1 heterocycles. The zero-order valence-corrected chi connectivity index (χ0v) is 13.2. The highest BCUT2D eigenvalue weighted by atomic mass is 16.3. The minimum absolute atomic E-state index is 0.751. The van der Waals surface area contributed by atoms with Crippen LogP contribution in [-0.4, -0.2) is 11.5 Å². The monoisotopic (exact) mass is 294 g/mol. The van der Waals surface area contributed by atoms with E-state index < -0.39 is 0 Å². The van der Waals surface area contributed by atoms with Crippen molar-refractivity contribution in [2.45, 2.75) is 26.8 Å². The van der Waals surface area contributed by atoms with Gasteiger partial charge >= 0.3 is 0 Å². The maximum absolute atomic E-state index is 5.28. The van der Waals surface area contributed by atoms with Gasteiger partial charge in [-0.25, -0.2) is 4.98 Å². The molecule has 3 heteroatoms. The molecular formula is C19H22N2O. The summed E-state index contributed by atoms with van der Waals surface area (Å²) in [6, 6.07) is 14.8. The number of rotatable bonds is 6. The smallest absolute Gasteiger partial charge is 0.181 e. The Bertz CT molecular complexity index is 729. The Kier molecular flexibility index (Phi) is 4.54. The van der Waals surface area contributed by atoms with Gasteiger partial charge in [-0.15, -0.1) is 0 Å². The topological polar surface area (TPSA) is 38.1 Å². The zero-order valence-electron chi connectivity index (χ0n) is 13.2. The molecule has 1 aromatic heterocycles. The molecule has 1 N–H and O–H groups in total. The van der Waals surface area contributed by atoms with Crippen molar-refractivity contribution < 1.29 is 4.42 Å². The highest BCUT2D eigenvalue weighted by Gasteiger charge is 2.03. The summed E-state index contributed by atoms with van der Waals surface area (Å²) in [5.74, 6) is 0.751. The largest absolute Gasteiger partial charge is 0.443 e. The SMILES string of the molecule is CC(C)CCNCc1ccc(-c2ccc3ocnc3c2)cc1. The molecule has 0 bridgehead atoms. The van der Waals surface area contributed by atoms with Crippen molar-refractivity contribution in [3.05, 3.63) is 54.4 Å². The van der Waals surface area contributed by atoms with Gasteiger partial charge in [-0.3, -0.25) is 0 Å². The summed E-state index contributed by atoms with van der Waals surface area (Å²) in [5.41, 5.74) is 5.42. The predicted octanol–water partition coefficient (Wildman–Crippen LogP) is 4.63. The van der Waals surface area contributed by atoms with Crippen molar-refractivity contribution in [2.75, 3.05) is 6.54 Å². The highest BCUT2D eigenvalue weighted by molar-refractivity contribution is 5.80. The van der Waals surface area contributed by atoms with Gasteiger partial charge in [-0.05, 0) is 47.7 Å². The van der Waals surface area contributed by atoms with Gasteiger partial charge in [0.1, 0.15) is 5.52 Å². The van der Waals surface area contributed by atoms with Crippen molar-refractivity contribution in [3.63, 3.8) is 0 Å². The number of benzene rings is 2. The Morgan fingerprint density at radius 3 is 2.59 bits per heavy atom. The van der Waals surface area contributed by atoms with Gasteiger partial charge in [-0.2, -0.15) is 0 Å². The quantitative estimate of drug-likeness (QED) is 0.673. The van der Waals surface area contributed by atoms with E-state index in [0.29, 0.717) is 0 Å². The van der Waals surface area contributed by atoms with Crippen LogP contribution < -0.4 is 5.32 Å². The Morgan fingerprint density at radius 1 is 1.05 bits per heavy atom. The Hall–Kier alpha value is -2.13. The fraction of sp³-hybridized carbons (Fsp3) is 0.316. The van der Waals surface area contributed by atoms with Crippen LogP contribution in [0.5, 0.6) is 0 Å². The first-order valence-electron chi connectivity index (χ1n) is 7.85. The molecule has 0 aliphatic rings. The molecule has 0 unspecified atom stereocenters. The van der Waals surface area contributed by atoms with E-state index in [0.717, 1.165) is 30.1 Å². The molecule has 3 aromatic rings. The number of fused-ring (bicyclic) bond motifs is 1. The van der Waals surface area contributed by atoms with Crippen LogP contribution in [0.2, 0.25) is 0 Å². The summed E-state index contributed by atoms with van der Waals surface area (Å²) >= 11 is 0. The zero-order chi connectivity index (χ0) is 15.4. The van der Waals surface area contributed by atoms with Crippen molar-refractivity contribution in [1.82, 2.24) is 10.3 Å². The number of hydrogen-bond acceptors (Lipinski definition) is 3. The van der Waals surface area contributed by atoms with E-state index in [9.17, 15) is 0 Å². The lowest BCUT2D eigenvalue weighted by molar-refractivity contribution is 0.537. The van der Waals surface area contributed by atoms with Crippen LogP contribution in [0.4, 0.5) is 0 Å². The molecular weight excluding hydrogens is 272 g/mol. The molecule has 0 atom stereocenters. The third kappa shape index (κ3) is 3.55. The number of nitrogens with one attached hydrogen (secondary N) is 1. The van der Waals surface area contributed by atoms with Gasteiger partial charge in [0.15, 0.2) is 12.0 Å². The first-order valence-corrected chi connectivity index (χ1v) is 7.85. The van der Waals surface area contributed by atoms with E-state index in [1.165, 1.54) is 29.5 Å². The molecule has 22 heavy (non-hydrogen) atoms. The average Bonchev–Trinajstić information content (AvgIpc) is 2.99. The van der Waals surface area contributed by atoms with Gasteiger partial charge < -0.3 is 9.73 Å². The second kappa shape index (κ2) is 6.75. The van der Waals surface area contributed by atoms with Gasteiger partial charge in [0.25, 0.3) is 0 Å². The van der Waals surface area contributed by atoms with Crippen molar-refractivity contribution in [3.8, 4) is 11.1 Å². The molecule has 3 nitrogen and oxygen atoms in total. The maximum atomic E-state index is 5.28. The van der Waals surface area contributed by atoms with E-state index in [1.54, 1.807) is 0 Å². The molecule has 2 aromatic carbocycles. The molecule has 0 radical (unpaired) electrons. The second-order valence-corrected chi connectivity index (χ2v) is 6.09. The summed E-state index contributed by atoms with van der Waals surface area (Å²) in [4.78, 5) is 4.21. The molecule has 0 aliphatic carbocycles. The molecule has 3 rings (SSSR count). The minimum Gasteiger partial charge on any atom is -0.443 e. The Morgan fingerprint density at radius 2 is 1.82 bits per heavy atom. The molecule has 0 saturated carbocycles. The lowest BCUT2D eigenvalue weighted by Crippen LogP contribution is -2.16. The van der Waals surface area contributed by atoms with Crippen LogP contribution in [-0.2, 0) is 6.54 Å². The van der Waals surface area contributed by atoms with Crippen LogP contribution in [0, 0.1) is 5.92 Å². The van der Waals surface area contributed by atoms with Crippen molar-refractivity contribution in [1.29, 1.82) is 0 Å². The third-order valence-electron chi connectivity index (χ3n) is 3.85. The van der Waals surface area contributed by atoms with Gasteiger partial charge in [0, 0.05) is 6.54 Å². The molecule has 0 fully saturated rings. The number of aromatic nitrogens is 1. The van der Waals surface area contributed by atoms with E-state index in [2.05, 4.69) is 60.5 Å².